The maximum Gasteiger partial charge on any atom is 0.223 e. The van der Waals surface area contributed by atoms with Crippen molar-refractivity contribution in [3.63, 3.8) is 0 Å². The lowest BCUT2D eigenvalue weighted by atomic mass is 9.75. The summed E-state index contributed by atoms with van der Waals surface area (Å²) in [4.78, 5) is 18.8. The average molecular weight is 351 g/mol. The number of carbonyl (C=O) groups excluding carboxylic acids is 1. The number of pyridine rings is 1. The third kappa shape index (κ3) is 3.50. The molecule has 2 aromatic rings. The summed E-state index contributed by atoms with van der Waals surface area (Å²) in [6.07, 6.45) is 3.81. The van der Waals surface area contributed by atoms with E-state index in [-0.39, 0.29) is 36.4 Å². The van der Waals surface area contributed by atoms with Crippen molar-refractivity contribution in [1.82, 2.24) is 15.2 Å². The molecule has 0 bridgehead atoms. The molecule has 0 unspecified atom stereocenters. The van der Waals surface area contributed by atoms with Crippen LogP contribution < -0.4 is 5.32 Å². The standard InChI is InChI=1S/C21H25N3O2/c25-14-19-20(15-6-2-1-3-7-15)18(12-23-21(26)16-9-10-16)24(19)13-17-8-4-5-11-22-17/h1-8,11,16,18-20,25H,9-10,12-14H2,(H,23,26)/t18-,19+,20+/m1/s1. The van der Waals surface area contributed by atoms with Gasteiger partial charge in [0.15, 0.2) is 0 Å². The highest BCUT2D eigenvalue weighted by Gasteiger charge is 2.48. The summed E-state index contributed by atoms with van der Waals surface area (Å²) in [5.74, 6) is 0.592. The number of nitrogens with one attached hydrogen (secondary N) is 1. The van der Waals surface area contributed by atoms with Gasteiger partial charge in [-0.2, -0.15) is 0 Å². The molecule has 1 aliphatic heterocycles. The number of likely N-dealkylation sites (tertiary alicyclic amines) is 1. The SMILES string of the molecule is O=C(NC[C@@H]1[C@H](c2ccccc2)[C@H](CO)N1Cc1ccccn1)C1CC1. The Hall–Kier alpha value is -2.24. The van der Waals surface area contributed by atoms with Crippen LogP contribution in [0.15, 0.2) is 54.7 Å². The zero-order valence-corrected chi connectivity index (χ0v) is 14.8. The quantitative estimate of drug-likeness (QED) is 0.800. The Kier molecular flexibility index (Phi) is 5.00. The van der Waals surface area contributed by atoms with Crippen molar-refractivity contribution in [2.75, 3.05) is 13.2 Å². The second-order valence-corrected chi connectivity index (χ2v) is 7.27. The molecular weight excluding hydrogens is 326 g/mol. The van der Waals surface area contributed by atoms with Gasteiger partial charge in [-0.05, 0) is 30.5 Å². The summed E-state index contributed by atoms with van der Waals surface area (Å²) < 4.78 is 0. The van der Waals surface area contributed by atoms with E-state index in [4.69, 9.17) is 0 Å². The van der Waals surface area contributed by atoms with Crippen LogP contribution in [0.3, 0.4) is 0 Å². The summed E-state index contributed by atoms with van der Waals surface area (Å²) >= 11 is 0. The van der Waals surface area contributed by atoms with Gasteiger partial charge in [-0.1, -0.05) is 36.4 Å². The van der Waals surface area contributed by atoms with Crippen molar-refractivity contribution in [1.29, 1.82) is 0 Å². The number of amides is 1. The first-order chi connectivity index (χ1) is 12.8. The Morgan fingerprint density at radius 3 is 2.54 bits per heavy atom. The summed E-state index contributed by atoms with van der Waals surface area (Å²) in [7, 11) is 0. The van der Waals surface area contributed by atoms with Crippen molar-refractivity contribution in [2.45, 2.75) is 37.4 Å². The van der Waals surface area contributed by atoms with Crippen LogP contribution in [0, 0.1) is 5.92 Å². The average Bonchev–Trinajstić information content (AvgIpc) is 3.52. The molecule has 1 aromatic heterocycles. The van der Waals surface area contributed by atoms with E-state index in [0.29, 0.717) is 13.1 Å². The van der Waals surface area contributed by atoms with E-state index < -0.39 is 0 Å². The molecule has 1 aromatic carbocycles. The maximum atomic E-state index is 12.1. The predicted molar refractivity (Wildman–Crippen MR) is 99.4 cm³/mol. The van der Waals surface area contributed by atoms with E-state index >= 15 is 0 Å². The molecular formula is C21H25N3O2. The van der Waals surface area contributed by atoms with Gasteiger partial charge in [-0.15, -0.1) is 0 Å². The van der Waals surface area contributed by atoms with Crippen LogP contribution >= 0.6 is 0 Å². The van der Waals surface area contributed by atoms with Crippen molar-refractivity contribution < 1.29 is 9.90 Å². The summed E-state index contributed by atoms with van der Waals surface area (Å²) in [5, 5.41) is 13.1. The van der Waals surface area contributed by atoms with E-state index in [1.54, 1.807) is 6.20 Å². The van der Waals surface area contributed by atoms with Crippen molar-refractivity contribution in [3.05, 3.63) is 66.0 Å². The molecule has 5 nitrogen and oxygen atoms in total. The van der Waals surface area contributed by atoms with Crippen molar-refractivity contribution in [2.24, 2.45) is 5.92 Å². The van der Waals surface area contributed by atoms with E-state index in [1.807, 2.05) is 36.4 Å². The van der Waals surface area contributed by atoms with Crippen LogP contribution in [0.4, 0.5) is 0 Å². The predicted octanol–water partition coefficient (Wildman–Crippen LogP) is 1.94. The molecule has 1 aliphatic carbocycles. The molecule has 26 heavy (non-hydrogen) atoms. The Morgan fingerprint density at radius 1 is 1.12 bits per heavy atom. The number of hydrogen-bond acceptors (Lipinski definition) is 4. The number of rotatable bonds is 7. The lowest BCUT2D eigenvalue weighted by molar-refractivity contribution is -0.123. The third-order valence-corrected chi connectivity index (χ3v) is 5.56. The van der Waals surface area contributed by atoms with Crippen LogP contribution in [-0.4, -0.2) is 46.1 Å². The molecule has 2 N–H and O–H groups in total. The number of aromatic nitrogens is 1. The smallest absolute Gasteiger partial charge is 0.223 e. The number of carbonyl (C=O) groups is 1. The first-order valence-corrected chi connectivity index (χ1v) is 9.37. The van der Waals surface area contributed by atoms with Gasteiger partial charge < -0.3 is 10.4 Å². The maximum absolute atomic E-state index is 12.1. The summed E-state index contributed by atoms with van der Waals surface area (Å²) in [6, 6.07) is 16.4. The van der Waals surface area contributed by atoms with E-state index in [1.165, 1.54) is 5.56 Å². The lowest BCUT2D eigenvalue weighted by Gasteiger charge is -2.55. The molecule has 1 saturated carbocycles. The Balaban J connectivity index is 1.52. The van der Waals surface area contributed by atoms with Gasteiger partial charge in [-0.3, -0.25) is 14.7 Å². The molecule has 0 radical (unpaired) electrons. The number of nitrogens with zero attached hydrogens (tertiary/aromatic N) is 2. The van der Waals surface area contributed by atoms with E-state index in [2.05, 4.69) is 27.3 Å². The minimum absolute atomic E-state index is 0.0437. The summed E-state index contributed by atoms with van der Waals surface area (Å²) in [5.41, 5.74) is 2.20. The van der Waals surface area contributed by atoms with Gasteiger partial charge in [0.2, 0.25) is 5.91 Å². The molecule has 1 amide bonds. The highest BCUT2D eigenvalue weighted by Crippen LogP contribution is 2.41. The van der Waals surface area contributed by atoms with Gasteiger partial charge >= 0.3 is 0 Å². The Labute approximate surface area is 154 Å². The minimum Gasteiger partial charge on any atom is -0.395 e. The van der Waals surface area contributed by atoms with E-state index in [0.717, 1.165) is 18.5 Å². The lowest BCUT2D eigenvalue weighted by Crippen LogP contribution is -2.66. The van der Waals surface area contributed by atoms with Crippen molar-refractivity contribution in [3.8, 4) is 0 Å². The monoisotopic (exact) mass is 351 g/mol. The molecule has 2 heterocycles. The van der Waals surface area contributed by atoms with Gasteiger partial charge in [0, 0.05) is 43.2 Å². The van der Waals surface area contributed by atoms with Crippen LogP contribution in [0.2, 0.25) is 0 Å². The number of aliphatic hydroxyl groups is 1. The van der Waals surface area contributed by atoms with E-state index in [9.17, 15) is 9.90 Å². The topological polar surface area (TPSA) is 65.5 Å². The minimum atomic E-state index is 0.0437. The van der Waals surface area contributed by atoms with Gasteiger partial charge in [0.05, 0.1) is 12.3 Å². The number of aliphatic hydroxyl groups excluding tert-OH is 1. The molecule has 136 valence electrons. The van der Waals surface area contributed by atoms with Crippen LogP contribution in [0.5, 0.6) is 0 Å². The van der Waals surface area contributed by atoms with Crippen LogP contribution in [0.25, 0.3) is 0 Å². The largest absolute Gasteiger partial charge is 0.395 e. The second kappa shape index (κ2) is 7.56. The van der Waals surface area contributed by atoms with Crippen LogP contribution in [0.1, 0.15) is 30.0 Å². The van der Waals surface area contributed by atoms with Crippen LogP contribution in [-0.2, 0) is 11.3 Å². The fourth-order valence-electron chi connectivity index (χ4n) is 4.00. The normalized spacial score (nSPS) is 25.5. The third-order valence-electron chi connectivity index (χ3n) is 5.56. The van der Waals surface area contributed by atoms with Gasteiger partial charge in [0.25, 0.3) is 0 Å². The highest BCUT2D eigenvalue weighted by molar-refractivity contribution is 5.80. The Morgan fingerprint density at radius 2 is 1.88 bits per heavy atom. The fraction of sp³-hybridized carbons (Fsp3) is 0.429. The molecule has 3 atom stereocenters. The highest BCUT2D eigenvalue weighted by atomic mass is 16.3. The zero-order valence-electron chi connectivity index (χ0n) is 14.8. The molecule has 0 spiro atoms. The molecule has 2 fully saturated rings. The van der Waals surface area contributed by atoms with Gasteiger partial charge in [0.1, 0.15) is 0 Å². The molecule has 4 rings (SSSR count). The number of benzene rings is 1. The Bertz CT molecular complexity index is 733. The van der Waals surface area contributed by atoms with Crippen molar-refractivity contribution >= 4 is 5.91 Å². The molecule has 5 heteroatoms. The zero-order chi connectivity index (χ0) is 17.9. The van der Waals surface area contributed by atoms with Gasteiger partial charge in [-0.25, -0.2) is 0 Å². The summed E-state index contributed by atoms with van der Waals surface area (Å²) in [6.45, 7) is 1.39. The fourth-order valence-corrected chi connectivity index (χ4v) is 4.00. The first-order valence-electron chi connectivity index (χ1n) is 9.37. The molecule has 2 aliphatic rings. The first kappa shape index (κ1) is 17.2. The number of hydrogen-bond donors (Lipinski definition) is 2. The second-order valence-electron chi connectivity index (χ2n) is 7.27. The molecule has 1 saturated heterocycles.